The molecule has 3 rings (SSSR count). The van der Waals surface area contributed by atoms with E-state index in [0.717, 1.165) is 64.7 Å². The molecule has 0 spiro atoms. The molecular weight excluding hydrogens is 344 g/mol. The summed E-state index contributed by atoms with van der Waals surface area (Å²) in [5.41, 5.74) is 0.225. The molecule has 1 N–H and O–H groups in total. The van der Waals surface area contributed by atoms with Gasteiger partial charge in [0.1, 0.15) is 0 Å². The van der Waals surface area contributed by atoms with E-state index in [2.05, 4.69) is 20.1 Å². The number of hydrogen-bond acceptors (Lipinski definition) is 5. The highest BCUT2D eigenvalue weighted by Gasteiger charge is 2.39. The maximum Gasteiger partial charge on any atom is 0.308 e. The fourth-order valence-corrected chi connectivity index (χ4v) is 4.92. The van der Waals surface area contributed by atoms with Crippen molar-refractivity contribution < 1.29 is 14.3 Å². The molecule has 0 aromatic carbocycles. The zero-order valence-corrected chi connectivity index (χ0v) is 17.0. The summed E-state index contributed by atoms with van der Waals surface area (Å²) >= 11 is 0. The van der Waals surface area contributed by atoms with Crippen molar-refractivity contribution in [3.63, 3.8) is 0 Å². The molecule has 0 aromatic rings. The number of carbonyl (C=O) groups excluding carboxylic acids is 1. The molecule has 0 radical (unpaired) electrons. The summed E-state index contributed by atoms with van der Waals surface area (Å²) in [4.78, 5) is 21.2. The highest BCUT2D eigenvalue weighted by molar-refractivity contribution is 5.80. The summed E-state index contributed by atoms with van der Waals surface area (Å²) in [7, 11) is 3.33. The van der Waals surface area contributed by atoms with Crippen molar-refractivity contribution in [2.75, 3.05) is 60.1 Å². The van der Waals surface area contributed by atoms with Gasteiger partial charge >= 0.3 is 5.97 Å². The molecule has 2 saturated heterocycles. The van der Waals surface area contributed by atoms with Gasteiger partial charge in [-0.25, -0.2) is 0 Å². The van der Waals surface area contributed by atoms with Crippen LogP contribution in [0.25, 0.3) is 0 Å². The summed E-state index contributed by atoms with van der Waals surface area (Å²) in [6, 6.07) is 0. The first-order valence-corrected chi connectivity index (χ1v) is 10.5. The second-order valence-electron chi connectivity index (χ2n) is 8.07. The van der Waals surface area contributed by atoms with Crippen LogP contribution in [-0.4, -0.2) is 87.4 Å². The minimum Gasteiger partial charge on any atom is -0.469 e. The third kappa shape index (κ3) is 4.93. The molecule has 0 atom stereocenters. The Kier molecular flexibility index (Phi) is 7.35. The Morgan fingerprint density at radius 1 is 1.15 bits per heavy atom. The molecule has 27 heavy (non-hydrogen) atoms. The molecule has 3 aliphatic rings. The van der Waals surface area contributed by atoms with E-state index in [1.165, 1.54) is 39.2 Å². The summed E-state index contributed by atoms with van der Waals surface area (Å²) in [5.74, 6) is 0.921. The van der Waals surface area contributed by atoms with Crippen molar-refractivity contribution in [2.45, 2.75) is 50.5 Å². The number of ether oxygens (including phenoxy) is 2. The Morgan fingerprint density at radius 3 is 2.41 bits per heavy atom. The topological polar surface area (TPSA) is 66.4 Å². The van der Waals surface area contributed by atoms with Gasteiger partial charge in [0.05, 0.1) is 26.2 Å². The molecule has 2 aliphatic heterocycles. The van der Waals surface area contributed by atoms with Crippen LogP contribution in [-0.2, 0) is 14.3 Å². The van der Waals surface area contributed by atoms with E-state index in [4.69, 9.17) is 9.47 Å². The maximum absolute atomic E-state index is 11.8. The standard InChI is InChI=1S/C20H36N4O3/c1-21-19(23-10-6-17(7-11-23)18(25)26-2)22-16-20(8-4-3-5-9-20)24-12-14-27-15-13-24/h17H,3-16H2,1-2H3,(H,21,22). The molecule has 0 bridgehead atoms. The number of guanidine groups is 1. The summed E-state index contributed by atoms with van der Waals surface area (Å²) in [5, 5.41) is 3.68. The first-order chi connectivity index (χ1) is 13.2. The third-order valence-electron chi connectivity index (χ3n) is 6.58. The van der Waals surface area contributed by atoms with Crippen LogP contribution in [0, 0.1) is 5.92 Å². The number of morpholine rings is 1. The van der Waals surface area contributed by atoms with E-state index in [-0.39, 0.29) is 17.4 Å². The second kappa shape index (κ2) is 9.73. The minimum absolute atomic E-state index is 0.0300. The predicted molar refractivity (Wildman–Crippen MR) is 106 cm³/mol. The quantitative estimate of drug-likeness (QED) is 0.453. The van der Waals surface area contributed by atoms with Gasteiger partial charge in [-0.3, -0.25) is 14.7 Å². The van der Waals surface area contributed by atoms with Crippen LogP contribution in [0.15, 0.2) is 4.99 Å². The van der Waals surface area contributed by atoms with Crippen molar-refractivity contribution in [1.82, 2.24) is 15.1 Å². The van der Waals surface area contributed by atoms with Gasteiger partial charge in [-0.15, -0.1) is 0 Å². The fraction of sp³-hybridized carbons (Fsp3) is 0.900. The summed E-state index contributed by atoms with van der Waals surface area (Å²) < 4.78 is 10.5. The lowest BCUT2D eigenvalue weighted by Crippen LogP contribution is -2.61. The Balaban J connectivity index is 1.58. The molecular formula is C20H36N4O3. The van der Waals surface area contributed by atoms with Crippen LogP contribution < -0.4 is 5.32 Å². The van der Waals surface area contributed by atoms with Crippen LogP contribution in [0.3, 0.4) is 0 Å². The van der Waals surface area contributed by atoms with Crippen molar-refractivity contribution in [1.29, 1.82) is 0 Å². The number of esters is 1. The average molecular weight is 381 g/mol. The average Bonchev–Trinajstić information content (AvgIpc) is 2.75. The van der Waals surface area contributed by atoms with Crippen LogP contribution in [0.1, 0.15) is 44.9 Å². The molecule has 0 aromatic heterocycles. The largest absolute Gasteiger partial charge is 0.469 e. The van der Waals surface area contributed by atoms with Gasteiger partial charge in [-0.05, 0) is 25.7 Å². The number of rotatable bonds is 4. The van der Waals surface area contributed by atoms with Crippen molar-refractivity contribution in [3.05, 3.63) is 0 Å². The number of aliphatic imine (C=N–C) groups is 1. The van der Waals surface area contributed by atoms with Gasteiger partial charge < -0.3 is 19.7 Å². The van der Waals surface area contributed by atoms with Gasteiger partial charge in [0, 0.05) is 45.3 Å². The number of nitrogens with one attached hydrogen (secondary N) is 1. The van der Waals surface area contributed by atoms with E-state index in [1.807, 2.05) is 7.05 Å². The first kappa shape index (κ1) is 20.4. The molecule has 1 saturated carbocycles. The fourth-order valence-electron chi connectivity index (χ4n) is 4.92. The molecule has 7 nitrogen and oxygen atoms in total. The van der Waals surface area contributed by atoms with Gasteiger partial charge in [-0.1, -0.05) is 19.3 Å². The summed E-state index contributed by atoms with van der Waals surface area (Å²) in [6.45, 7) is 6.40. The van der Waals surface area contributed by atoms with Gasteiger partial charge in [0.15, 0.2) is 5.96 Å². The number of carbonyl (C=O) groups is 1. The number of piperidine rings is 1. The molecule has 0 amide bonds. The van der Waals surface area contributed by atoms with Crippen LogP contribution in [0.5, 0.6) is 0 Å². The lowest BCUT2D eigenvalue weighted by molar-refractivity contribution is -0.146. The highest BCUT2D eigenvalue weighted by Crippen LogP contribution is 2.34. The molecule has 3 fully saturated rings. The van der Waals surface area contributed by atoms with E-state index in [9.17, 15) is 4.79 Å². The number of nitrogens with zero attached hydrogens (tertiary/aromatic N) is 3. The Labute approximate surface area is 163 Å². The minimum atomic E-state index is -0.0777. The molecule has 154 valence electrons. The molecule has 2 heterocycles. The number of methoxy groups -OCH3 is 1. The van der Waals surface area contributed by atoms with Gasteiger partial charge in [0.2, 0.25) is 0 Å². The predicted octanol–water partition coefficient (Wildman–Crippen LogP) is 1.48. The van der Waals surface area contributed by atoms with Gasteiger partial charge in [-0.2, -0.15) is 0 Å². The lowest BCUT2D eigenvalue weighted by Gasteiger charge is -2.48. The zero-order chi connectivity index (χ0) is 19.1. The second-order valence-corrected chi connectivity index (χ2v) is 8.07. The zero-order valence-electron chi connectivity index (χ0n) is 17.0. The van der Waals surface area contributed by atoms with Crippen molar-refractivity contribution in [2.24, 2.45) is 10.9 Å². The van der Waals surface area contributed by atoms with Crippen molar-refractivity contribution >= 4 is 11.9 Å². The van der Waals surface area contributed by atoms with Crippen molar-refractivity contribution in [3.8, 4) is 0 Å². The first-order valence-electron chi connectivity index (χ1n) is 10.5. The lowest BCUT2D eigenvalue weighted by atomic mass is 9.79. The van der Waals surface area contributed by atoms with E-state index < -0.39 is 0 Å². The normalized spacial score (nSPS) is 25.3. The monoisotopic (exact) mass is 380 g/mol. The Morgan fingerprint density at radius 2 is 1.81 bits per heavy atom. The van der Waals surface area contributed by atoms with Crippen LogP contribution in [0.4, 0.5) is 0 Å². The SMILES string of the molecule is CN=C(NCC1(N2CCOCC2)CCCCC1)N1CCC(C(=O)OC)CC1. The number of likely N-dealkylation sites (tertiary alicyclic amines) is 1. The van der Waals surface area contributed by atoms with E-state index in [1.54, 1.807) is 0 Å². The third-order valence-corrected chi connectivity index (χ3v) is 6.58. The van der Waals surface area contributed by atoms with Crippen LogP contribution >= 0.6 is 0 Å². The van der Waals surface area contributed by atoms with Gasteiger partial charge in [0.25, 0.3) is 0 Å². The Hall–Kier alpha value is -1.34. The summed E-state index contributed by atoms with van der Waals surface area (Å²) in [6.07, 6.45) is 8.14. The van der Waals surface area contributed by atoms with Crippen LogP contribution in [0.2, 0.25) is 0 Å². The smallest absolute Gasteiger partial charge is 0.308 e. The molecule has 1 aliphatic carbocycles. The van der Waals surface area contributed by atoms with E-state index >= 15 is 0 Å². The van der Waals surface area contributed by atoms with E-state index in [0.29, 0.717) is 0 Å². The molecule has 7 heteroatoms. The highest BCUT2D eigenvalue weighted by atomic mass is 16.5. The maximum atomic E-state index is 11.8. The Bertz CT molecular complexity index is 505. The molecule has 0 unspecified atom stereocenters. The number of hydrogen-bond donors (Lipinski definition) is 1.